The highest BCUT2D eigenvalue weighted by Crippen LogP contribution is 2.23. The second-order valence-electron chi connectivity index (χ2n) is 6.36. The summed E-state index contributed by atoms with van der Waals surface area (Å²) in [5.74, 6) is -0.582. The number of nitrogens with one attached hydrogen (secondary N) is 1. The molecule has 0 aliphatic rings. The Kier molecular flexibility index (Phi) is 5.30. The van der Waals surface area contributed by atoms with E-state index in [1.54, 1.807) is 12.1 Å². The fourth-order valence-corrected chi connectivity index (χ4v) is 2.87. The van der Waals surface area contributed by atoms with Gasteiger partial charge in [-0.3, -0.25) is 19.7 Å². The van der Waals surface area contributed by atoms with Gasteiger partial charge in [-0.05, 0) is 31.5 Å². The zero-order valence-electron chi connectivity index (χ0n) is 15.4. The first-order chi connectivity index (χ1) is 13.3. The summed E-state index contributed by atoms with van der Waals surface area (Å²) in [6, 6.07) is 14.6. The summed E-state index contributed by atoms with van der Waals surface area (Å²) in [6.45, 7) is 3.57. The molecule has 142 valence electrons. The van der Waals surface area contributed by atoms with Crippen molar-refractivity contribution in [3.63, 3.8) is 0 Å². The van der Waals surface area contributed by atoms with E-state index in [1.165, 1.54) is 24.3 Å². The lowest BCUT2D eigenvalue weighted by molar-refractivity contribution is -0.383. The molecule has 8 nitrogen and oxygen atoms in total. The SMILES string of the molecule is Cc1ccc(-c2ccc(=O)n(CC(=O)Nc3ccccc3[N+](=O)[O-])n2)c(C)c1. The molecule has 3 rings (SSSR count). The van der Waals surface area contributed by atoms with Crippen LogP contribution in [0, 0.1) is 24.0 Å². The number of benzene rings is 2. The fraction of sp³-hybridized carbons (Fsp3) is 0.150. The monoisotopic (exact) mass is 378 g/mol. The Morgan fingerprint density at radius 3 is 2.61 bits per heavy atom. The first-order valence-electron chi connectivity index (χ1n) is 8.54. The second-order valence-corrected chi connectivity index (χ2v) is 6.36. The van der Waals surface area contributed by atoms with Crippen LogP contribution < -0.4 is 10.9 Å². The maximum atomic E-state index is 12.3. The van der Waals surface area contributed by atoms with Gasteiger partial charge in [0.1, 0.15) is 12.2 Å². The van der Waals surface area contributed by atoms with Crippen molar-refractivity contribution in [2.75, 3.05) is 5.32 Å². The van der Waals surface area contributed by atoms with Crippen molar-refractivity contribution in [1.82, 2.24) is 9.78 Å². The molecular weight excluding hydrogens is 360 g/mol. The molecule has 0 aliphatic heterocycles. The molecule has 0 bridgehead atoms. The number of anilines is 1. The highest BCUT2D eigenvalue weighted by atomic mass is 16.6. The highest BCUT2D eigenvalue weighted by molar-refractivity contribution is 5.92. The van der Waals surface area contributed by atoms with Gasteiger partial charge >= 0.3 is 0 Å². The van der Waals surface area contributed by atoms with Crippen LogP contribution in [0.4, 0.5) is 11.4 Å². The van der Waals surface area contributed by atoms with Crippen molar-refractivity contribution in [3.8, 4) is 11.3 Å². The number of hydrogen-bond acceptors (Lipinski definition) is 5. The van der Waals surface area contributed by atoms with Gasteiger partial charge < -0.3 is 5.32 Å². The summed E-state index contributed by atoms with van der Waals surface area (Å²) >= 11 is 0. The van der Waals surface area contributed by atoms with Crippen molar-refractivity contribution >= 4 is 17.3 Å². The van der Waals surface area contributed by atoms with Crippen LogP contribution in [0.25, 0.3) is 11.3 Å². The van der Waals surface area contributed by atoms with Crippen LogP contribution >= 0.6 is 0 Å². The molecular formula is C20H18N4O4. The Morgan fingerprint density at radius 2 is 1.89 bits per heavy atom. The van der Waals surface area contributed by atoms with E-state index in [0.29, 0.717) is 5.69 Å². The summed E-state index contributed by atoms with van der Waals surface area (Å²) in [7, 11) is 0. The topological polar surface area (TPSA) is 107 Å². The fourth-order valence-electron chi connectivity index (χ4n) is 2.87. The van der Waals surface area contributed by atoms with Crippen molar-refractivity contribution in [2.24, 2.45) is 0 Å². The predicted molar refractivity (Wildman–Crippen MR) is 105 cm³/mol. The van der Waals surface area contributed by atoms with E-state index >= 15 is 0 Å². The summed E-state index contributed by atoms with van der Waals surface area (Å²) in [5.41, 5.74) is 2.94. The van der Waals surface area contributed by atoms with Crippen LogP contribution in [0.5, 0.6) is 0 Å². The number of aryl methyl sites for hydroxylation is 2. The average molecular weight is 378 g/mol. The van der Waals surface area contributed by atoms with Crippen LogP contribution in [0.1, 0.15) is 11.1 Å². The molecule has 2 aromatic carbocycles. The molecule has 1 heterocycles. The van der Waals surface area contributed by atoms with E-state index in [1.807, 2.05) is 32.0 Å². The Bertz CT molecular complexity index is 1120. The molecule has 0 spiro atoms. The number of carbonyl (C=O) groups is 1. The maximum Gasteiger partial charge on any atom is 0.292 e. The van der Waals surface area contributed by atoms with Crippen LogP contribution in [0.15, 0.2) is 59.4 Å². The van der Waals surface area contributed by atoms with Crippen LogP contribution in [-0.4, -0.2) is 20.6 Å². The molecule has 0 saturated carbocycles. The zero-order valence-corrected chi connectivity index (χ0v) is 15.4. The van der Waals surface area contributed by atoms with Gasteiger partial charge in [0.15, 0.2) is 0 Å². The van der Waals surface area contributed by atoms with E-state index in [-0.39, 0.29) is 17.9 Å². The van der Waals surface area contributed by atoms with Gasteiger partial charge in [-0.25, -0.2) is 4.68 Å². The Labute approximate surface area is 160 Å². The zero-order chi connectivity index (χ0) is 20.3. The predicted octanol–water partition coefficient (Wildman–Crippen LogP) is 3.07. The molecule has 8 heteroatoms. The summed E-state index contributed by atoms with van der Waals surface area (Å²) < 4.78 is 1.04. The minimum Gasteiger partial charge on any atom is -0.319 e. The molecule has 0 unspecified atom stereocenters. The quantitative estimate of drug-likeness (QED) is 0.542. The van der Waals surface area contributed by atoms with Crippen molar-refractivity contribution in [2.45, 2.75) is 20.4 Å². The van der Waals surface area contributed by atoms with Gasteiger partial charge in [-0.15, -0.1) is 0 Å². The van der Waals surface area contributed by atoms with E-state index in [9.17, 15) is 19.7 Å². The van der Waals surface area contributed by atoms with E-state index in [0.717, 1.165) is 21.4 Å². The van der Waals surface area contributed by atoms with Crippen LogP contribution in [-0.2, 0) is 11.3 Å². The van der Waals surface area contributed by atoms with Gasteiger partial charge in [-0.2, -0.15) is 5.10 Å². The lowest BCUT2D eigenvalue weighted by Gasteiger charge is -2.10. The molecule has 1 N–H and O–H groups in total. The van der Waals surface area contributed by atoms with E-state index in [4.69, 9.17) is 0 Å². The Balaban J connectivity index is 1.86. The number of hydrogen-bond donors (Lipinski definition) is 1. The molecule has 3 aromatic rings. The summed E-state index contributed by atoms with van der Waals surface area (Å²) in [4.78, 5) is 34.9. The largest absolute Gasteiger partial charge is 0.319 e. The van der Waals surface area contributed by atoms with Crippen molar-refractivity contribution in [3.05, 3.63) is 86.2 Å². The van der Waals surface area contributed by atoms with Gasteiger partial charge in [0.25, 0.3) is 11.2 Å². The van der Waals surface area contributed by atoms with Gasteiger partial charge in [0, 0.05) is 17.7 Å². The maximum absolute atomic E-state index is 12.3. The highest BCUT2D eigenvalue weighted by Gasteiger charge is 2.16. The molecule has 1 aromatic heterocycles. The van der Waals surface area contributed by atoms with Gasteiger partial charge in [-0.1, -0.05) is 35.9 Å². The number of rotatable bonds is 5. The van der Waals surface area contributed by atoms with Crippen molar-refractivity contribution in [1.29, 1.82) is 0 Å². The third-order valence-corrected chi connectivity index (χ3v) is 4.19. The summed E-state index contributed by atoms with van der Waals surface area (Å²) in [6.07, 6.45) is 0. The second kappa shape index (κ2) is 7.83. The van der Waals surface area contributed by atoms with Crippen LogP contribution in [0.2, 0.25) is 0 Å². The van der Waals surface area contributed by atoms with Gasteiger partial charge in [0.05, 0.1) is 10.6 Å². The molecule has 0 fully saturated rings. The standard InChI is InChI=1S/C20H18N4O4/c1-13-7-8-15(14(2)11-13)16-9-10-20(26)23(22-16)12-19(25)21-17-5-3-4-6-18(17)24(27)28/h3-11H,12H2,1-2H3,(H,21,25). The molecule has 1 amide bonds. The molecule has 0 saturated heterocycles. The summed E-state index contributed by atoms with van der Waals surface area (Å²) in [5, 5.41) is 17.8. The number of amides is 1. The number of para-hydroxylation sites is 2. The third kappa shape index (κ3) is 4.12. The number of nitrogens with zero attached hydrogens (tertiary/aromatic N) is 3. The Hall–Kier alpha value is -3.81. The molecule has 0 aliphatic carbocycles. The number of aromatic nitrogens is 2. The molecule has 28 heavy (non-hydrogen) atoms. The van der Waals surface area contributed by atoms with Crippen LogP contribution in [0.3, 0.4) is 0 Å². The number of carbonyl (C=O) groups excluding carboxylic acids is 1. The molecule has 0 atom stereocenters. The Morgan fingerprint density at radius 1 is 1.14 bits per heavy atom. The number of nitro groups is 1. The first kappa shape index (κ1) is 19.0. The van der Waals surface area contributed by atoms with E-state index in [2.05, 4.69) is 10.4 Å². The van der Waals surface area contributed by atoms with Gasteiger partial charge in [0.2, 0.25) is 5.91 Å². The molecule has 0 radical (unpaired) electrons. The minimum atomic E-state index is -0.583. The smallest absolute Gasteiger partial charge is 0.292 e. The minimum absolute atomic E-state index is 0.0658. The van der Waals surface area contributed by atoms with Crippen molar-refractivity contribution < 1.29 is 9.72 Å². The average Bonchev–Trinajstić information content (AvgIpc) is 2.64. The van der Waals surface area contributed by atoms with E-state index < -0.39 is 16.4 Å². The third-order valence-electron chi connectivity index (χ3n) is 4.19. The number of nitro benzene ring substituents is 1. The normalized spacial score (nSPS) is 10.5. The first-order valence-corrected chi connectivity index (χ1v) is 8.54. The lowest BCUT2D eigenvalue weighted by atomic mass is 10.0. The lowest BCUT2D eigenvalue weighted by Crippen LogP contribution is -2.29.